The molecule has 6 heteroatoms. The van der Waals surface area contributed by atoms with Gasteiger partial charge in [-0.15, -0.1) is 0 Å². The molecule has 37 heavy (non-hydrogen) atoms. The van der Waals surface area contributed by atoms with E-state index in [4.69, 9.17) is 18.9 Å². The van der Waals surface area contributed by atoms with Crippen LogP contribution in [0.25, 0.3) is 11.6 Å². The van der Waals surface area contributed by atoms with Gasteiger partial charge in [0.25, 0.3) is 0 Å². The fourth-order valence-corrected chi connectivity index (χ4v) is 3.95. The highest BCUT2D eigenvalue weighted by Gasteiger charge is 2.10. The molecule has 0 amide bonds. The van der Waals surface area contributed by atoms with Crippen LogP contribution < -0.4 is 18.9 Å². The van der Waals surface area contributed by atoms with Crippen molar-refractivity contribution in [3.05, 3.63) is 118 Å². The third kappa shape index (κ3) is 6.93. The van der Waals surface area contributed by atoms with Crippen molar-refractivity contribution in [3.63, 3.8) is 0 Å². The van der Waals surface area contributed by atoms with Gasteiger partial charge in [-0.05, 0) is 64.7 Å². The molecule has 0 atom stereocenters. The Balaban J connectivity index is 1.45. The largest absolute Gasteiger partial charge is 0.493 e. The Morgan fingerprint density at radius 3 is 2.00 bits per heavy atom. The van der Waals surface area contributed by atoms with Crippen LogP contribution in [0.5, 0.6) is 23.0 Å². The second-order valence-electron chi connectivity index (χ2n) is 8.14. The minimum Gasteiger partial charge on any atom is -0.493 e. The maximum Gasteiger partial charge on any atom is 0.161 e. The number of methoxy groups -OCH3 is 2. The normalized spacial score (nSPS) is 10.9. The summed E-state index contributed by atoms with van der Waals surface area (Å²) in [7, 11) is 3.21. The van der Waals surface area contributed by atoms with Gasteiger partial charge >= 0.3 is 0 Å². The van der Waals surface area contributed by atoms with Gasteiger partial charge in [-0.3, -0.25) is 0 Å². The van der Waals surface area contributed by atoms with Crippen LogP contribution in [-0.4, -0.2) is 14.2 Å². The van der Waals surface area contributed by atoms with Gasteiger partial charge in [0, 0.05) is 4.47 Å². The van der Waals surface area contributed by atoms with Gasteiger partial charge in [0.05, 0.1) is 25.9 Å². The summed E-state index contributed by atoms with van der Waals surface area (Å²) >= 11 is 3.42. The lowest BCUT2D eigenvalue weighted by molar-refractivity contribution is 0.276. The predicted molar refractivity (Wildman–Crippen MR) is 149 cm³/mol. The Morgan fingerprint density at radius 1 is 0.730 bits per heavy atom. The Labute approximate surface area is 225 Å². The average molecular weight is 556 g/mol. The molecule has 0 heterocycles. The molecule has 0 unspecified atom stereocenters. The first-order valence-electron chi connectivity index (χ1n) is 11.6. The lowest BCUT2D eigenvalue weighted by Gasteiger charge is -2.14. The van der Waals surface area contributed by atoms with Gasteiger partial charge in [0.2, 0.25) is 0 Å². The van der Waals surface area contributed by atoms with Gasteiger partial charge in [-0.2, -0.15) is 5.26 Å². The SMILES string of the molecule is COc1cc(/C=C(\C#N)c2ccc(Br)cc2)ccc1OCc1ccc(OCc2ccccc2)c(OC)c1. The summed E-state index contributed by atoms with van der Waals surface area (Å²) < 4.78 is 24.1. The zero-order valence-corrected chi connectivity index (χ0v) is 22.2. The molecule has 4 rings (SSSR count). The summed E-state index contributed by atoms with van der Waals surface area (Å²) in [5.41, 5.74) is 4.25. The molecular weight excluding hydrogens is 530 g/mol. The molecule has 0 aliphatic carbocycles. The van der Waals surface area contributed by atoms with E-state index in [1.807, 2.05) is 97.1 Å². The van der Waals surface area contributed by atoms with E-state index in [0.717, 1.165) is 26.7 Å². The Morgan fingerprint density at radius 2 is 1.35 bits per heavy atom. The molecule has 0 saturated carbocycles. The maximum atomic E-state index is 9.65. The molecule has 0 bridgehead atoms. The molecule has 5 nitrogen and oxygen atoms in total. The minimum absolute atomic E-state index is 0.323. The van der Waals surface area contributed by atoms with Crippen molar-refractivity contribution < 1.29 is 18.9 Å². The third-order valence-electron chi connectivity index (χ3n) is 5.63. The minimum atomic E-state index is 0.323. The molecule has 0 fully saturated rings. The van der Waals surface area contributed by atoms with Crippen molar-refractivity contribution in [3.8, 4) is 29.1 Å². The quantitative estimate of drug-likeness (QED) is 0.148. The summed E-state index contributed by atoms with van der Waals surface area (Å²) in [5.74, 6) is 2.49. The van der Waals surface area contributed by atoms with Crippen LogP contribution in [0.1, 0.15) is 22.3 Å². The molecule has 0 aromatic heterocycles. The lowest BCUT2D eigenvalue weighted by Crippen LogP contribution is -2.01. The van der Waals surface area contributed by atoms with Gasteiger partial charge in [-0.25, -0.2) is 0 Å². The molecule has 186 valence electrons. The number of benzene rings is 4. The first kappa shape index (κ1) is 25.9. The second kappa shape index (κ2) is 12.7. The monoisotopic (exact) mass is 555 g/mol. The van der Waals surface area contributed by atoms with Crippen molar-refractivity contribution >= 4 is 27.6 Å². The molecular formula is C31H26BrNO4. The fraction of sp³-hybridized carbons (Fsp3) is 0.129. The molecule has 0 spiro atoms. The lowest BCUT2D eigenvalue weighted by atomic mass is 10.0. The van der Waals surface area contributed by atoms with Crippen LogP contribution in [0.15, 0.2) is 95.5 Å². The van der Waals surface area contributed by atoms with Gasteiger partial charge < -0.3 is 18.9 Å². The topological polar surface area (TPSA) is 60.7 Å². The Bertz CT molecular complexity index is 1410. The van der Waals surface area contributed by atoms with E-state index in [2.05, 4.69) is 22.0 Å². The summed E-state index contributed by atoms with van der Waals surface area (Å²) in [5, 5.41) is 9.65. The number of nitrogens with zero attached hydrogens (tertiary/aromatic N) is 1. The fourth-order valence-electron chi connectivity index (χ4n) is 3.69. The molecule has 0 aliphatic rings. The Hall–Kier alpha value is -4.21. The number of allylic oxidation sites excluding steroid dienone is 1. The zero-order chi connectivity index (χ0) is 26.0. The molecule has 4 aromatic rings. The standard InChI is InChI=1S/C31H26BrNO4/c1-34-30-17-23(16-26(19-33)25-10-12-27(32)13-11-25)8-14-28(30)37-21-24-9-15-29(31(18-24)35-2)36-20-22-6-4-3-5-7-22/h3-18H,20-21H2,1-2H3/b26-16+. The number of hydrogen-bond acceptors (Lipinski definition) is 5. The van der Waals surface area contributed by atoms with Crippen LogP contribution in [0.3, 0.4) is 0 Å². The van der Waals surface area contributed by atoms with E-state index in [-0.39, 0.29) is 0 Å². The van der Waals surface area contributed by atoms with Crippen molar-refractivity contribution in [1.82, 2.24) is 0 Å². The number of halogens is 1. The highest BCUT2D eigenvalue weighted by atomic mass is 79.9. The second-order valence-corrected chi connectivity index (χ2v) is 9.05. The molecule has 0 radical (unpaired) electrons. The highest BCUT2D eigenvalue weighted by Crippen LogP contribution is 2.33. The first-order valence-corrected chi connectivity index (χ1v) is 12.4. The van der Waals surface area contributed by atoms with E-state index in [1.54, 1.807) is 14.2 Å². The number of nitriles is 1. The van der Waals surface area contributed by atoms with Gasteiger partial charge in [-0.1, -0.05) is 70.5 Å². The zero-order valence-electron chi connectivity index (χ0n) is 20.6. The van der Waals surface area contributed by atoms with Crippen molar-refractivity contribution in [1.29, 1.82) is 5.26 Å². The van der Waals surface area contributed by atoms with E-state index >= 15 is 0 Å². The van der Waals surface area contributed by atoms with E-state index < -0.39 is 0 Å². The predicted octanol–water partition coefficient (Wildman–Crippen LogP) is 7.69. The van der Waals surface area contributed by atoms with E-state index in [1.165, 1.54) is 0 Å². The first-order chi connectivity index (χ1) is 18.1. The molecule has 0 aliphatic heterocycles. The van der Waals surface area contributed by atoms with Crippen LogP contribution in [0.4, 0.5) is 0 Å². The number of ether oxygens (including phenoxy) is 4. The van der Waals surface area contributed by atoms with Gasteiger partial charge in [0.15, 0.2) is 23.0 Å². The van der Waals surface area contributed by atoms with Crippen molar-refractivity contribution in [2.75, 3.05) is 14.2 Å². The van der Waals surface area contributed by atoms with Crippen LogP contribution in [-0.2, 0) is 13.2 Å². The number of rotatable bonds is 10. The maximum absolute atomic E-state index is 9.65. The van der Waals surface area contributed by atoms with E-state index in [9.17, 15) is 5.26 Å². The molecule has 0 saturated heterocycles. The van der Waals surface area contributed by atoms with Crippen molar-refractivity contribution in [2.45, 2.75) is 13.2 Å². The third-order valence-corrected chi connectivity index (χ3v) is 6.16. The molecule has 4 aromatic carbocycles. The summed E-state index contributed by atoms with van der Waals surface area (Å²) in [4.78, 5) is 0. The smallest absolute Gasteiger partial charge is 0.161 e. The summed E-state index contributed by atoms with van der Waals surface area (Å²) in [6, 6.07) is 31.2. The summed E-state index contributed by atoms with van der Waals surface area (Å²) in [6.45, 7) is 0.781. The highest BCUT2D eigenvalue weighted by molar-refractivity contribution is 9.10. The van der Waals surface area contributed by atoms with Crippen LogP contribution >= 0.6 is 15.9 Å². The number of hydrogen-bond donors (Lipinski definition) is 0. The van der Waals surface area contributed by atoms with Gasteiger partial charge in [0.1, 0.15) is 13.2 Å². The molecule has 0 N–H and O–H groups in total. The van der Waals surface area contributed by atoms with E-state index in [0.29, 0.717) is 41.8 Å². The van der Waals surface area contributed by atoms with Crippen LogP contribution in [0, 0.1) is 11.3 Å². The van der Waals surface area contributed by atoms with Crippen molar-refractivity contribution in [2.24, 2.45) is 0 Å². The summed E-state index contributed by atoms with van der Waals surface area (Å²) in [6.07, 6.45) is 1.83. The Kier molecular flexibility index (Phi) is 8.85. The average Bonchev–Trinajstić information content (AvgIpc) is 2.95. The van der Waals surface area contributed by atoms with Crippen LogP contribution in [0.2, 0.25) is 0 Å².